The zero-order chi connectivity index (χ0) is 24.7. The number of halogens is 1. The molecule has 0 unspecified atom stereocenters. The Kier molecular flexibility index (Phi) is 5.78. The molecule has 0 radical (unpaired) electrons. The molecule has 4 aliphatic carbocycles. The number of rotatable bonds is 7. The minimum Gasteiger partial charge on any atom is -0.452 e. The number of esters is 1. The number of tetrazole rings is 1. The Morgan fingerprint density at radius 2 is 1.61 bits per heavy atom. The lowest BCUT2D eigenvalue weighted by Crippen LogP contribution is -2.61. The van der Waals surface area contributed by atoms with E-state index in [0.29, 0.717) is 35.5 Å². The molecule has 9 heteroatoms. The summed E-state index contributed by atoms with van der Waals surface area (Å²) in [6.07, 6.45) is 8.23. The second-order valence-electron chi connectivity index (χ2n) is 10.6. The van der Waals surface area contributed by atoms with Gasteiger partial charge in [-0.3, -0.25) is 4.79 Å². The van der Waals surface area contributed by atoms with Gasteiger partial charge in [-0.2, -0.15) is 0 Å². The fraction of sp³-hybridized carbons (Fsp3) is 0.444. The van der Waals surface area contributed by atoms with Gasteiger partial charge in [0, 0.05) is 12.1 Å². The van der Waals surface area contributed by atoms with Crippen molar-refractivity contribution in [3.63, 3.8) is 0 Å². The number of nitrogens with zero attached hydrogens (tertiary/aromatic N) is 5. The molecule has 4 aliphatic rings. The Balaban J connectivity index is 1.18. The summed E-state index contributed by atoms with van der Waals surface area (Å²) < 4.78 is 20.5. The van der Waals surface area contributed by atoms with E-state index in [2.05, 4.69) is 15.5 Å². The van der Waals surface area contributed by atoms with Crippen LogP contribution in [0.4, 0.5) is 4.39 Å². The van der Waals surface area contributed by atoms with Gasteiger partial charge < -0.3 is 9.64 Å². The van der Waals surface area contributed by atoms with E-state index < -0.39 is 5.97 Å². The van der Waals surface area contributed by atoms with Crippen LogP contribution in [0, 0.1) is 23.6 Å². The molecule has 4 fully saturated rings. The Morgan fingerprint density at radius 1 is 0.972 bits per heavy atom. The van der Waals surface area contributed by atoms with Crippen LogP contribution in [-0.2, 0) is 16.1 Å². The van der Waals surface area contributed by atoms with Crippen molar-refractivity contribution in [1.82, 2.24) is 25.1 Å². The Morgan fingerprint density at radius 3 is 2.19 bits per heavy atom. The van der Waals surface area contributed by atoms with E-state index in [1.807, 2.05) is 4.90 Å². The Labute approximate surface area is 208 Å². The lowest BCUT2D eigenvalue weighted by atomic mass is 9.52. The van der Waals surface area contributed by atoms with Gasteiger partial charge in [-0.05, 0) is 109 Å². The van der Waals surface area contributed by atoms with Crippen molar-refractivity contribution in [1.29, 1.82) is 0 Å². The van der Waals surface area contributed by atoms with Crippen molar-refractivity contribution in [3.8, 4) is 5.69 Å². The third-order valence-corrected chi connectivity index (χ3v) is 8.18. The third kappa shape index (κ3) is 4.38. The average Bonchev–Trinajstić information content (AvgIpc) is 3.41. The van der Waals surface area contributed by atoms with Crippen LogP contribution in [0.3, 0.4) is 0 Å². The lowest BCUT2D eigenvalue weighted by Gasteiger charge is -2.60. The highest BCUT2D eigenvalue weighted by Crippen LogP contribution is 2.58. The van der Waals surface area contributed by atoms with Gasteiger partial charge in [0.15, 0.2) is 6.61 Å². The standard InChI is InChI=1S/C27H28FN5O3/c28-23-5-1-18(2-6-23)15-32(27-12-19-9-20(13-27)11-21(10-19)14-27)25(34)16-36-26(35)22-3-7-24(8-4-22)33-17-29-30-31-33/h1-8,17,19-21H,9-16H2. The second kappa shape index (κ2) is 9.11. The van der Waals surface area contributed by atoms with Gasteiger partial charge in [-0.15, -0.1) is 5.10 Å². The van der Waals surface area contributed by atoms with Crippen LogP contribution in [0.2, 0.25) is 0 Å². The molecule has 0 atom stereocenters. The molecule has 0 aliphatic heterocycles. The summed E-state index contributed by atoms with van der Waals surface area (Å²) in [5.41, 5.74) is 1.73. The normalized spacial score (nSPS) is 26.1. The molecule has 4 bridgehead atoms. The van der Waals surface area contributed by atoms with Crippen molar-refractivity contribution in [2.75, 3.05) is 6.61 Å². The van der Waals surface area contributed by atoms with Crippen molar-refractivity contribution in [2.24, 2.45) is 17.8 Å². The van der Waals surface area contributed by atoms with Crippen LogP contribution in [0.25, 0.3) is 5.69 Å². The SMILES string of the molecule is O=C(OCC(=O)N(Cc1ccc(F)cc1)C12CC3CC(CC(C3)C1)C2)c1ccc(-n2cnnn2)cc1. The van der Waals surface area contributed by atoms with E-state index in [-0.39, 0.29) is 23.9 Å². The highest BCUT2D eigenvalue weighted by Gasteiger charge is 2.54. The van der Waals surface area contributed by atoms with Crippen molar-refractivity contribution in [2.45, 2.75) is 50.6 Å². The quantitative estimate of drug-likeness (QED) is 0.467. The first kappa shape index (κ1) is 22.8. The number of benzene rings is 2. The Hall–Kier alpha value is -3.62. The van der Waals surface area contributed by atoms with Crippen LogP contribution in [0.1, 0.15) is 54.4 Å². The summed E-state index contributed by atoms with van der Waals surface area (Å²) in [4.78, 5) is 28.3. The second-order valence-corrected chi connectivity index (χ2v) is 10.6. The van der Waals surface area contributed by atoms with E-state index in [1.54, 1.807) is 36.4 Å². The van der Waals surface area contributed by atoms with Crippen molar-refractivity contribution in [3.05, 3.63) is 71.8 Å². The van der Waals surface area contributed by atoms with Crippen LogP contribution in [-0.4, -0.2) is 49.1 Å². The lowest BCUT2D eigenvalue weighted by molar-refractivity contribution is -0.155. The zero-order valence-electron chi connectivity index (χ0n) is 19.9. The predicted molar refractivity (Wildman–Crippen MR) is 127 cm³/mol. The molecule has 0 saturated heterocycles. The first-order valence-corrected chi connectivity index (χ1v) is 12.5. The molecule has 1 heterocycles. The molecular formula is C27H28FN5O3. The molecule has 0 N–H and O–H groups in total. The van der Waals surface area contributed by atoms with Gasteiger partial charge in [-0.1, -0.05) is 12.1 Å². The van der Waals surface area contributed by atoms with E-state index in [0.717, 1.165) is 24.8 Å². The molecule has 186 valence electrons. The molecule has 3 aromatic rings. The summed E-state index contributed by atoms with van der Waals surface area (Å²) in [5.74, 6) is 0.910. The highest BCUT2D eigenvalue weighted by molar-refractivity contribution is 5.91. The van der Waals surface area contributed by atoms with Crippen LogP contribution in [0.5, 0.6) is 0 Å². The molecule has 2 aromatic carbocycles. The number of hydrogen-bond acceptors (Lipinski definition) is 6. The summed E-state index contributed by atoms with van der Waals surface area (Å²) in [5, 5.41) is 11.0. The fourth-order valence-corrected chi connectivity index (χ4v) is 7.01. The third-order valence-electron chi connectivity index (χ3n) is 8.18. The molecule has 0 spiro atoms. The molecule has 4 saturated carbocycles. The molecule has 8 nitrogen and oxygen atoms in total. The monoisotopic (exact) mass is 489 g/mol. The van der Waals surface area contributed by atoms with E-state index in [1.165, 1.54) is 42.4 Å². The van der Waals surface area contributed by atoms with E-state index in [9.17, 15) is 14.0 Å². The van der Waals surface area contributed by atoms with E-state index >= 15 is 0 Å². The van der Waals surface area contributed by atoms with Gasteiger partial charge in [0.1, 0.15) is 12.1 Å². The molecule has 1 aromatic heterocycles. The average molecular weight is 490 g/mol. The van der Waals surface area contributed by atoms with Gasteiger partial charge in [0.25, 0.3) is 5.91 Å². The number of hydrogen-bond donors (Lipinski definition) is 0. The van der Waals surface area contributed by atoms with Gasteiger partial charge in [-0.25, -0.2) is 13.9 Å². The zero-order valence-corrected chi connectivity index (χ0v) is 19.9. The maximum absolute atomic E-state index is 13.6. The first-order chi connectivity index (χ1) is 17.5. The van der Waals surface area contributed by atoms with Crippen molar-refractivity contribution >= 4 is 11.9 Å². The molecule has 1 amide bonds. The van der Waals surface area contributed by atoms with Crippen molar-refractivity contribution < 1.29 is 18.7 Å². The summed E-state index contributed by atoms with van der Waals surface area (Å²) in [6, 6.07) is 13.0. The number of carbonyl (C=O) groups is 2. The highest BCUT2D eigenvalue weighted by atomic mass is 19.1. The number of aromatic nitrogens is 4. The number of carbonyl (C=O) groups excluding carboxylic acids is 2. The topological polar surface area (TPSA) is 90.2 Å². The van der Waals surface area contributed by atoms with Gasteiger partial charge >= 0.3 is 5.97 Å². The van der Waals surface area contributed by atoms with Gasteiger partial charge in [0.2, 0.25) is 0 Å². The van der Waals surface area contributed by atoms with Gasteiger partial charge in [0.05, 0.1) is 11.3 Å². The minimum absolute atomic E-state index is 0.195. The minimum atomic E-state index is -0.557. The summed E-state index contributed by atoms with van der Waals surface area (Å²) >= 11 is 0. The predicted octanol–water partition coefficient (Wildman–Crippen LogP) is 3.96. The van der Waals surface area contributed by atoms with Crippen LogP contribution in [0.15, 0.2) is 54.9 Å². The maximum atomic E-state index is 13.6. The molecular weight excluding hydrogens is 461 g/mol. The molecule has 7 rings (SSSR count). The maximum Gasteiger partial charge on any atom is 0.338 e. The summed E-state index contributed by atoms with van der Waals surface area (Å²) in [7, 11) is 0. The summed E-state index contributed by atoms with van der Waals surface area (Å²) in [6.45, 7) is 0.0694. The van der Waals surface area contributed by atoms with Crippen LogP contribution < -0.4 is 0 Å². The first-order valence-electron chi connectivity index (χ1n) is 12.5. The van der Waals surface area contributed by atoms with E-state index in [4.69, 9.17) is 4.74 Å². The van der Waals surface area contributed by atoms with Crippen LogP contribution >= 0.6 is 0 Å². The molecule has 36 heavy (non-hydrogen) atoms. The number of amides is 1. The number of ether oxygens (including phenoxy) is 1. The largest absolute Gasteiger partial charge is 0.452 e. The Bertz CT molecular complexity index is 1210. The fourth-order valence-electron chi connectivity index (χ4n) is 7.01. The smallest absolute Gasteiger partial charge is 0.338 e.